The Balaban J connectivity index is 2.00. The molecule has 0 aliphatic rings. The number of benzene rings is 2. The molecule has 0 bridgehead atoms. The molecule has 0 spiro atoms. The topological polar surface area (TPSA) is 32.3 Å². The first-order chi connectivity index (χ1) is 9.06. The lowest BCUT2D eigenvalue weighted by atomic mass is 10.1. The Morgan fingerprint density at radius 1 is 1.26 bits per heavy atom. The molecule has 2 aromatic carbocycles. The van der Waals surface area contributed by atoms with Gasteiger partial charge in [-0.2, -0.15) is 0 Å². The van der Waals surface area contributed by atoms with Crippen LogP contribution in [0.1, 0.15) is 24.1 Å². The summed E-state index contributed by atoms with van der Waals surface area (Å²) in [6.45, 7) is 2.82. The highest BCUT2D eigenvalue weighted by molar-refractivity contribution is 9.10. The fraction of sp³-hybridized carbons (Fsp3) is 0.200. The summed E-state index contributed by atoms with van der Waals surface area (Å²) in [6.07, 6.45) is 0. The van der Waals surface area contributed by atoms with Crippen LogP contribution in [0.2, 0.25) is 5.02 Å². The van der Waals surface area contributed by atoms with Gasteiger partial charge in [0.1, 0.15) is 5.75 Å². The van der Waals surface area contributed by atoms with Gasteiger partial charge in [-0.05, 0) is 42.3 Å². The number of rotatable bonds is 4. The van der Waals surface area contributed by atoms with E-state index in [0.717, 1.165) is 10.0 Å². The molecule has 1 atom stereocenters. The predicted molar refractivity (Wildman–Crippen MR) is 82.5 cm³/mol. The van der Waals surface area contributed by atoms with Gasteiger partial charge in [-0.15, -0.1) is 0 Å². The molecular weight excluding hydrogens is 326 g/mol. The lowest BCUT2D eigenvalue weighted by Crippen LogP contribution is -2.18. The van der Waals surface area contributed by atoms with Crippen molar-refractivity contribution in [2.75, 3.05) is 0 Å². The van der Waals surface area contributed by atoms with Crippen molar-refractivity contribution in [3.63, 3.8) is 0 Å². The zero-order valence-electron chi connectivity index (χ0n) is 10.5. The van der Waals surface area contributed by atoms with Gasteiger partial charge in [-0.3, -0.25) is 0 Å². The first kappa shape index (κ1) is 14.4. The standard InChI is InChI=1S/C15H15BrClNO/c1-10(12-3-2-4-13(16)8-12)18-9-11-5-6-15(19)14(17)7-11/h2-8,10,18-19H,9H2,1H3. The second kappa shape index (κ2) is 6.42. The molecule has 100 valence electrons. The Kier molecular flexibility index (Phi) is 4.86. The van der Waals surface area contributed by atoms with Crippen LogP contribution < -0.4 is 5.32 Å². The Labute approximate surface area is 126 Å². The highest BCUT2D eigenvalue weighted by atomic mass is 79.9. The number of hydrogen-bond donors (Lipinski definition) is 2. The van der Waals surface area contributed by atoms with Crippen molar-refractivity contribution >= 4 is 27.5 Å². The van der Waals surface area contributed by atoms with E-state index in [4.69, 9.17) is 11.6 Å². The van der Waals surface area contributed by atoms with E-state index < -0.39 is 0 Å². The number of hydrogen-bond acceptors (Lipinski definition) is 2. The molecular formula is C15H15BrClNO. The highest BCUT2D eigenvalue weighted by Gasteiger charge is 2.06. The average molecular weight is 341 g/mol. The lowest BCUT2D eigenvalue weighted by Gasteiger charge is -2.15. The molecule has 0 radical (unpaired) electrons. The summed E-state index contributed by atoms with van der Waals surface area (Å²) in [5, 5.41) is 13.2. The SMILES string of the molecule is CC(NCc1ccc(O)c(Cl)c1)c1cccc(Br)c1. The first-order valence-electron chi connectivity index (χ1n) is 6.02. The van der Waals surface area contributed by atoms with Crippen molar-refractivity contribution in [2.24, 2.45) is 0 Å². The van der Waals surface area contributed by atoms with Crippen LogP contribution in [-0.4, -0.2) is 5.11 Å². The second-order valence-corrected chi connectivity index (χ2v) is 5.77. The third-order valence-electron chi connectivity index (χ3n) is 2.97. The molecule has 0 saturated heterocycles. The van der Waals surface area contributed by atoms with Gasteiger partial charge in [0.15, 0.2) is 0 Å². The maximum atomic E-state index is 9.37. The molecule has 1 unspecified atom stereocenters. The highest BCUT2D eigenvalue weighted by Crippen LogP contribution is 2.24. The number of aromatic hydroxyl groups is 1. The van der Waals surface area contributed by atoms with E-state index in [-0.39, 0.29) is 11.8 Å². The lowest BCUT2D eigenvalue weighted by molar-refractivity contribution is 0.475. The molecule has 0 aliphatic heterocycles. The molecule has 2 nitrogen and oxygen atoms in total. The van der Waals surface area contributed by atoms with Crippen molar-refractivity contribution in [3.8, 4) is 5.75 Å². The van der Waals surface area contributed by atoms with Gasteiger partial charge in [-0.25, -0.2) is 0 Å². The fourth-order valence-corrected chi connectivity index (χ4v) is 2.45. The van der Waals surface area contributed by atoms with E-state index in [1.165, 1.54) is 5.56 Å². The Bertz CT molecular complexity index is 574. The molecule has 2 rings (SSSR count). The van der Waals surface area contributed by atoms with E-state index in [9.17, 15) is 5.11 Å². The van der Waals surface area contributed by atoms with Crippen LogP contribution in [0, 0.1) is 0 Å². The minimum Gasteiger partial charge on any atom is -0.506 e. The van der Waals surface area contributed by atoms with E-state index in [2.05, 4.69) is 40.3 Å². The maximum absolute atomic E-state index is 9.37. The summed E-state index contributed by atoms with van der Waals surface area (Å²) in [5.41, 5.74) is 2.27. The van der Waals surface area contributed by atoms with Crippen LogP contribution in [0.15, 0.2) is 46.9 Å². The van der Waals surface area contributed by atoms with Gasteiger partial charge < -0.3 is 10.4 Å². The summed E-state index contributed by atoms with van der Waals surface area (Å²) in [5.74, 6) is 0.116. The number of phenolic OH excluding ortho intramolecular Hbond substituents is 1. The zero-order valence-corrected chi connectivity index (χ0v) is 12.9. The molecule has 0 amide bonds. The fourth-order valence-electron chi connectivity index (χ4n) is 1.83. The Hall–Kier alpha value is -1.03. The smallest absolute Gasteiger partial charge is 0.134 e. The molecule has 2 aromatic rings. The normalized spacial score (nSPS) is 12.4. The van der Waals surface area contributed by atoms with Crippen molar-refractivity contribution in [1.29, 1.82) is 0 Å². The predicted octanol–water partition coefficient (Wildman–Crippen LogP) is 4.66. The number of phenols is 1. The molecule has 0 aromatic heterocycles. The van der Waals surface area contributed by atoms with Crippen LogP contribution in [-0.2, 0) is 6.54 Å². The van der Waals surface area contributed by atoms with Gasteiger partial charge in [0.25, 0.3) is 0 Å². The van der Waals surface area contributed by atoms with Gasteiger partial charge in [0, 0.05) is 17.1 Å². The van der Waals surface area contributed by atoms with Crippen molar-refractivity contribution in [3.05, 3.63) is 63.1 Å². The average Bonchev–Trinajstić information content (AvgIpc) is 2.40. The van der Waals surface area contributed by atoms with Crippen molar-refractivity contribution in [1.82, 2.24) is 5.32 Å². The van der Waals surface area contributed by atoms with E-state index in [0.29, 0.717) is 11.6 Å². The molecule has 0 heterocycles. The van der Waals surface area contributed by atoms with Crippen LogP contribution in [0.4, 0.5) is 0 Å². The largest absolute Gasteiger partial charge is 0.506 e. The first-order valence-corrected chi connectivity index (χ1v) is 7.19. The van der Waals surface area contributed by atoms with Crippen LogP contribution in [0.3, 0.4) is 0 Å². The van der Waals surface area contributed by atoms with E-state index in [1.54, 1.807) is 12.1 Å². The molecule has 2 N–H and O–H groups in total. The number of halogens is 2. The minimum atomic E-state index is 0.116. The monoisotopic (exact) mass is 339 g/mol. The molecule has 0 aliphatic carbocycles. The Morgan fingerprint density at radius 2 is 2.05 bits per heavy atom. The molecule has 19 heavy (non-hydrogen) atoms. The maximum Gasteiger partial charge on any atom is 0.134 e. The van der Waals surface area contributed by atoms with Crippen LogP contribution in [0.5, 0.6) is 5.75 Å². The molecule has 0 fully saturated rings. The van der Waals surface area contributed by atoms with E-state index >= 15 is 0 Å². The summed E-state index contributed by atoms with van der Waals surface area (Å²) < 4.78 is 1.08. The zero-order chi connectivity index (χ0) is 13.8. The molecule has 0 saturated carbocycles. The third-order valence-corrected chi connectivity index (χ3v) is 3.77. The van der Waals surface area contributed by atoms with Gasteiger partial charge in [0.2, 0.25) is 0 Å². The third kappa shape index (κ3) is 3.96. The summed E-state index contributed by atoms with van der Waals surface area (Å²) in [7, 11) is 0. The minimum absolute atomic E-state index is 0.116. The van der Waals surface area contributed by atoms with Crippen LogP contribution in [0.25, 0.3) is 0 Å². The summed E-state index contributed by atoms with van der Waals surface area (Å²) in [4.78, 5) is 0. The summed E-state index contributed by atoms with van der Waals surface area (Å²) >= 11 is 9.35. The summed E-state index contributed by atoms with van der Waals surface area (Å²) in [6, 6.07) is 13.7. The van der Waals surface area contributed by atoms with Gasteiger partial charge in [0.05, 0.1) is 5.02 Å². The van der Waals surface area contributed by atoms with Crippen LogP contribution >= 0.6 is 27.5 Å². The van der Waals surface area contributed by atoms with Crippen molar-refractivity contribution < 1.29 is 5.11 Å². The van der Waals surface area contributed by atoms with E-state index in [1.807, 2.05) is 18.2 Å². The van der Waals surface area contributed by atoms with Gasteiger partial charge in [-0.1, -0.05) is 45.7 Å². The van der Waals surface area contributed by atoms with Gasteiger partial charge >= 0.3 is 0 Å². The Morgan fingerprint density at radius 3 is 2.74 bits per heavy atom. The quantitative estimate of drug-likeness (QED) is 0.848. The molecule has 4 heteroatoms. The number of nitrogens with one attached hydrogen (secondary N) is 1. The second-order valence-electron chi connectivity index (χ2n) is 4.44. The van der Waals surface area contributed by atoms with Crippen molar-refractivity contribution in [2.45, 2.75) is 19.5 Å².